The summed E-state index contributed by atoms with van der Waals surface area (Å²) in [4.78, 5) is 4.94. The monoisotopic (exact) mass is 277 g/mol. The number of rotatable bonds is 2. The highest BCUT2D eigenvalue weighted by molar-refractivity contribution is 6.03. The Morgan fingerprint density at radius 2 is 1.86 bits per heavy atom. The molecule has 0 amide bonds. The van der Waals surface area contributed by atoms with E-state index in [1.807, 2.05) is 12.1 Å². The van der Waals surface area contributed by atoms with Crippen LogP contribution < -0.4 is 10.6 Å². The molecule has 0 bridgehead atoms. The molecule has 0 saturated heterocycles. The van der Waals surface area contributed by atoms with E-state index >= 15 is 0 Å². The Balaban J connectivity index is 2.59. The zero-order valence-corrected chi connectivity index (χ0v) is 10.9. The number of phenols is 1. The fourth-order valence-corrected chi connectivity index (χ4v) is 1.86. The number of anilines is 2. The third-order valence-corrected chi connectivity index (χ3v) is 2.75. The molecule has 0 aliphatic carbocycles. The van der Waals surface area contributed by atoms with Crippen molar-refractivity contribution in [2.45, 2.75) is 0 Å². The first kappa shape index (κ1) is 13.9. The van der Waals surface area contributed by atoms with Crippen molar-refractivity contribution in [1.82, 2.24) is 0 Å². The number of nitrogens with two attached hydrogens (primary N) is 1. The fourth-order valence-electron chi connectivity index (χ4n) is 1.86. The molecular formula is C15H11N5O. The van der Waals surface area contributed by atoms with Crippen LogP contribution in [0.2, 0.25) is 0 Å². The van der Waals surface area contributed by atoms with Gasteiger partial charge in [0.15, 0.2) is 0 Å². The molecule has 0 aliphatic rings. The van der Waals surface area contributed by atoms with Crippen LogP contribution in [0.1, 0.15) is 5.56 Å². The number of hydrogen-bond donors (Lipinski definition) is 2. The molecule has 6 heteroatoms. The zero-order chi connectivity index (χ0) is 15.2. The molecule has 0 aliphatic heterocycles. The van der Waals surface area contributed by atoms with Crippen LogP contribution in [0, 0.1) is 22.8 Å². The molecule has 2 aromatic rings. The first-order valence-electron chi connectivity index (χ1n) is 5.98. The van der Waals surface area contributed by atoms with E-state index in [4.69, 9.17) is 16.3 Å². The standard InChI is InChI=1S/C15H11N5O/c16-9-11-6-7-13(14(21)8-11)20(15(18)19-10-17)12-4-2-1-3-5-12/h1-8,21H,(H2,18,19). The second-order valence-corrected chi connectivity index (χ2v) is 4.06. The van der Waals surface area contributed by atoms with Crippen LogP contribution in [-0.4, -0.2) is 11.1 Å². The summed E-state index contributed by atoms with van der Waals surface area (Å²) in [6, 6.07) is 15.3. The number of aromatic hydroxyl groups is 1. The third-order valence-electron chi connectivity index (χ3n) is 2.75. The Labute approximate surface area is 121 Å². The maximum absolute atomic E-state index is 10.1. The van der Waals surface area contributed by atoms with Gasteiger partial charge in [0.05, 0.1) is 17.3 Å². The first-order valence-corrected chi connectivity index (χ1v) is 5.98. The molecule has 0 radical (unpaired) electrons. The van der Waals surface area contributed by atoms with E-state index in [0.717, 1.165) is 0 Å². The molecule has 0 saturated carbocycles. The highest BCUT2D eigenvalue weighted by atomic mass is 16.3. The largest absolute Gasteiger partial charge is 0.506 e. The smallest absolute Gasteiger partial charge is 0.216 e. The molecule has 0 unspecified atom stereocenters. The minimum Gasteiger partial charge on any atom is -0.506 e. The number of aliphatic imine (C=N–C) groups is 1. The van der Waals surface area contributed by atoms with Gasteiger partial charge >= 0.3 is 0 Å². The molecular weight excluding hydrogens is 266 g/mol. The number of para-hydroxylation sites is 1. The molecule has 2 rings (SSSR count). The Morgan fingerprint density at radius 3 is 2.43 bits per heavy atom. The molecule has 0 spiro atoms. The van der Waals surface area contributed by atoms with Crippen molar-refractivity contribution in [2.24, 2.45) is 10.7 Å². The van der Waals surface area contributed by atoms with Crippen LogP contribution in [0.5, 0.6) is 5.75 Å². The Bertz CT molecular complexity index is 756. The van der Waals surface area contributed by atoms with Crippen molar-refractivity contribution >= 4 is 17.3 Å². The average Bonchev–Trinajstić information content (AvgIpc) is 2.50. The summed E-state index contributed by atoms with van der Waals surface area (Å²) in [7, 11) is 0. The van der Waals surface area contributed by atoms with Gasteiger partial charge in [-0.1, -0.05) is 18.2 Å². The number of nitrogens with zero attached hydrogens (tertiary/aromatic N) is 4. The second-order valence-electron chi connectivity index (χ2n) is 4.06. The molecule has 0 atom stereocenters. The summed E-state index contributed by atoms with van der Waals surface area (Å²) >= 11 is 0. The lowest BCUT2D eigenvalue weighted by atomic mass is 10.1. The molecule has 3 N–H and O–H groups in total. The topological polar surface area (TPSA) is 109 Å². The van der Waals surface area contributed by atoms with Crippen molar-refractivity contribution in [2.75, 3.05) is 4.90 Å². The van der Waals surface area contributed by atoms with Crippen LogP contribution in [0.15, 0.2) is 53.5 Å². The lowest BCUT2D eigenvalue weighted by Crippen LogP contribution is -2.33. The van der Waals surface area contributed by atoms with Gasteiger partial charge in [0.25, 0.3) is 0 Å². The summed E-state index contributed by atoms with van der Waals surface area (Å²) in [5.41, 5.74) is 7.09. The summed E-state index contributed by atoms with van der Waals surface area (Å²) in [5, 5.41) is 27.6. The van der Waals surface area contributed by atoms with Crippen LogP contribution in [-0.2, 0) is 0 Å². The summed E-state index contributed by atoms with van der Waals surface area (Å²) in [5.74, 6) is -0.210. The van der Waals surface area contributed by atoms with Gasteiger partial charge in [-0.3, -0.25) is 4.90 Å². The molecule has 0 fully saturated rings. The predicted octanol–water partition coefficient (Wildman–Crippen LogP) is 2.20. The van der Waals surface area contributed by atoms with E-state index in [1.54, 1.807) is 42.6 Å². The van der Waals surface area contributed by atoms with Crippen molar-refractivity contribution in [3.8, 4) is 18.0 Å². The minimum absolute atomic E-state index is 0.0799. The maximum atomic E-state index is 10.1. The molecule has 21 heavy (non-hydrogen) atoms. The van der Waals surface area contributed by atoms with E-state index in [0.29, 0.717) is 16.9 Å². The minimum atomic E-state index is -0.131. The molecule has 102 valence electrons. The van der Waals surface area contributed by atoms with Crippen LogP contribution in [0.3, 0.4) is 0 Å². The maximum Gasteiger partial charge on any atom is 0.216 e. The van der Waals surface area contributed by atoms with Crippen molar-refractivity contribution < 1.29 is 5.11 Å². The average molecular weight is 277 g/mol. The zero-order valence-electron chi connectivity index (χ0n) is 10.9. The Morgan fingerprint density at radius 1 is 1.14 bits per heavy atom. The lowest BCUT2D eigenvalue weighted by Gasteiger charge is -2.23. The Kier molecular flexibility index (Phi) is 4.03. The molecule has 0 aromatic heterocycles. The van der Waals surface area contributed by atoms with Crippen LogP contribution >= 0.6 is 0 Å². The summed E-state index contributed by atoms with van der Waals surface area (Å²) in [6.07, 6.45) is 1.62. The van der Waals surface area contributed by atoms with Crippen molar-refractivity contribution in [3.63, 3.8) is 0 Å². The van der Waals surface area contributed by atoms with Gasteiger partial charge in [-0.25, -0.2) is 0 Å². The number of nitriles is 2. The van der Waals surface area contributed by atoms with Gasteiger partial charge in [0.2, 0.25) is 12.2 Å². The number of guanidine groups is 1. The Hall–Kier alpha value is -3.51. The highest BCUT2D eigenvalue weighted by Crippen LogP contribution is 2.33. The second kappa shape index (κ2) is 6.09. The van der Waals surface area contributed by atoms with Gasteiger partial charge in [0.1, 0.15) is 5.75 Å². The normalized spacial score (nSPS) is 10.5. The number of phenolic OH excluding ortho intramolecular Hbond substituents is 1. The first-order chi connectivity index (χ1) is 10.2. The van der Waals surface area contributed by atoms with E-state index < -0.39 is 0 Å². The van der Waals surface area contributed by atoms with Gasteiger partial charge in [-0.05, 0) is 30.3 Å². The summed E-state index contributed by atoms with van der Waals surface area (Å²) in [6.45, 7) is 0. The van der Waals surface area contributed by atoms with E-state index in [9.17, 15) is 5.11 Å². The van der Waals surface area contributed by atoms with Gasteiger partial charge in [-0.2, -0.15) is 10.5 Å². The predicted molar refractivity (Wildman–Crippen MR) is 78.6 cm³/mol. The molecule has 0 heterocycles. The number of hydrogen-bond acceptors (Lipinski definition) is 4. The number of benzene rings is 2. The van der Waals surface area contributed by atoms with Crippen LogP contribution in [0.4, 0.5) is 11.4 Å². The molecule has 2 aromatic carbocycles. The molecule has 6 nitrogen and oxygen atoms in total. The quantitative estimate of drug-likeness (QED) is 0.496. The van der Waals surface area contributed by atoms with Gasteiger partial charge < -0.3 is 10.8 Å². The highest BCUT2D eigenvalue weighted by Gasteiger charge is 2.17. The van der Waals surface area contributed by atoms with E-state index in [-0.39, 0.29) is 11.7 Å². The van der Waals surface area contributed by atoms with Gasteiger partial charge in [0, 0.05) is 5.69 Å². The SMILES string of the molecule is N#CN=C(N)N(c1ccccc1)c1ccc(C#N)cc1O. The lowest BCUT2D eigenvalue weighted by molar-refractivity contribution is 0.476. The van der Waals surface area contributed by atoms with E-state index in [1.165, 1.54) is 11.0 Å². The third kappa shape index (κ3) is 2.91. The van der Waals surface area contributed by atoms with E-state index in [2.05, 4.69) is 4.99 Å². The van der Waals surface area contributed by atoms with Crippen molar-refractivity contribution in [1.29, 1.82) is 10.5 Å². The van der Waals surface area contributed by atoms with Crippen LogP contribution in [0.25, 0.3) is 0 Å². The summed E-state index contributed by atoms with van der Waals surface area (Å²) < 4.78 is 0. The van der Waals surface area contributed by atoms with Crippen molar-refractivity contribution in [3.05, 3.63) is 54.1 Å². The fraction of sp³-hybridized carbons (Fsp3) is 0. The van der Waals surface area contributed by atoms with Gasteiger partial charge in [-0.15, -0.1) is 4.99 Å².